The minimum atomic E-state index is -3.67. The maximum Gasteiger partial charge on any atom is 0.245 e. The third-order valence-corrected chi connectivity index (χ3v) is 7.93. The molecule has 4 rings (SSSR count). The predicted molar refractivity (Wildman–Crippen MR) is 129 cm³/mol. The van der Waals surface area contributed by atoms with E-state index in [9.17, 15) is 8.42 Å². The van der Waals surface area contributed by atoms with Gasteiger partial charge < -0.3 is 19.1 Å². The van der Waals surface area contributed by atoms with Crippen LogP contribution in [0.15, 0.2) is 46.3 Å². The summed E-state index contributed by atoms with van der Waals surface area (Å²) in [6, 6.07) is 11.0. The summed E-state index contributed by atoms with van der Waals surface area (Å²) in [6.07, 6.45) is 5.01. The molecule has 0 radical (unpaired) electrons. The van der Waals surface area contributed by atoms with Gasteiger partial charge in [0, 0.05) is 32.4 Å². The second-order valence-corrected chi connectivity index (χ2v) is 10.00. The molecule has 2 fully saturated rings. The molecule has 8 nitrogen and oxygen atoms in total. The molecule has 0 spiro atoms. The van der Waals surface area contributed by atoms with Gasteiger partial charge in [-0.3, -0.25) is 4.99 Å². The maximum absolute atomic E-state index is 13.6. The van der Waals surface area contributed by atoms with Crippen LogP contribution in [0, 0.1) is 0 Å². The Kier molecular flexibility index (Phi) is 7.52. The molecule has 0 saturated carbocycles. The van der Waals surface area contributed by atoms with E-state index in [-0.39, 0.29) is 0 Å². The number of morpholine rings is 1. The lowest BCUT2D eigenvalue weighted by Crippen LogP contribution is -2.41. The fourth-order valence-electron chi connectivity index (χ4n) is 4.19. The van der Waals surface area contributed by atoms with Crippen molar-refractivity contribution in [3.63, 3.8) is 0 Å². The Labute approximate surface area is 195 Å². The zero-order chi connectivity index (χ0) is 23.3. The topological polar surface area (TPSA) is 80.7 Å². The third kappa shape index (κ3) is 5.31. The summed E-state index contributed by atoms with van der Waals surface area (Å²) in [5.74, 6) is 1.25. The van der Waals surface area contributed by atoms with E-state index < -0.39 is 10.0 Å². The van der Waals surface area contributed by atoms with Crippen LogP contribution in [-0.2, 0) is 14.8 Å². The van der Waals surface area contributed by atoms with Crippen LogP contribution in [0.25, 0.3) is 0 Å². The van der Waals surface area contributed by atoms with E-state index in [2.05, 4.69) is 9.89 Å². The standard InChI is InChI=1S/C24H31N3O5S/c1-30-22-9-6-19(16-23(22)31-2)18-25-20-7-8-21(26-10-4-3-5-11-26)24(17-20)33(28,29)27-12-14-32-15-13-27/h6-9,16-18H,3-5,10-15H2,1-2H3. The number of piperidine rings is 1. The number of sulfonamides is 1. The highest BCUT2D eigenvalue weighted by atomic mass is 32.2. The van der Waals surface area contributed by atoms with Crippen molar-refractivity contribution < 1.29 is 22.6 Å². The smallest absolute Gasteiger partial charge is 0.245 e. The van der Waals surface area contributed by atoms with Crippen molar-refractivity contribution >= 4 is 27.6 Å². The van der Waals surface area contributed by atoms with Crippen LogP contribution in [0.5, 0.6) is 11.5 Å². The monoisotopic (exact) mass is 473 g/mol. The molecule has 0 bridgehead atoms. The molecule has 0 amide bonds. The van der Waals surface area contributed by atoms with E-state index in [1.807, 2.05) is 30.3 Å². The van der Waals surface area contributed by atoms with E-state index in [0.717, 1.165) is 37.2 Å². The Balaban J connectivity index is 1.68. The predicted octanol–water partition coefficient (Wildman–Crippen LogP) is 3.47. The van der Waals surface area contributed by atoms with Crippen molar-refractivity contribution in [2.75, 3.05) is 58.5 Å². The summed E-state index contributed by atoms with van der Waals surface area (Å²) in [5, 5.41) is 0. The fraction of sp³-hybridized carbons (Fsp3) is 0.458. The minimum absolute atomic E-state index is 0.313. The van der Waals surface area contributed by atoms with Gasteiger partial charge in [0.1, 0.15) is 4.90 Å². The highest BCUT2D eigenvalue weighted by Gasteiger charge is 2.30. The van der Waals surface area contributed by atoms with Gasteiger partial charge >= 0.3 is 0 Å². The molecule has 0 aliphatic carbocycles. The van der Waals surface area contributed by atoms with Gasteiger partial charge in [-0.1, -0.05) is 0 Å². The minimum Gasteiger partial charge on any atom is -0.493 e. The van der Waals surface area contributed by atoms with Crippen molar-refractivity contribution in [2.45, 2.75) is 24.2 Å². The van der Waals surface area contributed by atoms with Crippen LogP contribution in [0.3, 0.4) is 0 Å². The fourth-order valence-corrected chi connectivity index (χ4v) is 5.83. The van der Waals surface area contributed by atoms with Gasteiger partial charge in [-0.05, 0) is 61.2 Å². The molecule has 0 unspecified atom stereocenters. The first kappa shape index (κ1) is 23.5. The first-order valence-electron chi connectivity index (χ1n) is 11.3. The van der Waals surface area contributed by atoms with Crippen LogP contribution in [-0.4, -0.2) is 72.5 Å². The number of hydrogen-bond donors (Lipinski definition) is 0. The number of benzene rings is 2. The van der Waals surface area contributed by atoms with E-state index in [4.69, 9.17) is 14.2 Å². The zero-order valence-corrected chi connectivity index (χ0v) is 20.0. The molecule has 0 atom stereocenters. The zero-order valence-electron chi connectivity index (χ0n) is 19.2. The molecule has 2 heterocycles. The Hall–Kier alpha value is -2.62. The van der Waals surface area contributed by atoms with Gasteiger partial charge in [-0.15, -0.1) is 0 Å². The summed E-state index contributed by atoms with van der Waals surface area (Å²) in [5.41, 5.74) is 2.16. The molecule has 0 aromatic heterocycles. The summed E-state index contributed by atoms with van der Waals surface area (Å²) in [6.45, 7) is 3.27. The summed E-state index contributed by atoms with van der Waals surface area (Å²) < 4.78 is 44.7. The Bertz CT molecular complexity index is 1090. The second-order valence-electron chi connectivity index (χ2n) is 8.09. The molecule has 2 aliphatic heterocycles. The highest BCUT2D eigenvalue weighted by Crippen LogP contribution is 2.34. The number of anilines is 1. The summed E-state index contributed by atoms with van der Waals surface area (Å²) in [7, 11) is -0.492. The van der Waals surface area contributed by atoms with E-state index in [0.29, 0.717) is 48.4 Å². The Morgan fingerprint density at radius 2 is 1.64 bits per heavy atom. The lowest BCUT2D eigenvalue weighted by molar-refractivity contribution is 0.0730. The molecular weight excluding hydrogens is 442 g/mol. The summed E-state index contributed by atoms with van der Waals surface area (Å²) >= 11 is 0. The average molecular weight is 474 g/mol. The summed E-state index contributed by atoms with van der Waals surface area (Å²) in [4.78, 5) is 7.06. The molecule has 2 aromatic carbocycles. The largest absolute Gasteiger partial charge is 0.493 e. The van der Waals surface area contributed by atoms with Gasteiger partial charge in [0.05, 0.1) is 38.8 Å². The van der Waals surface area contributed by atoms with Crippen LogP contribution < -0.4 is 14.4 Å². The first-order valence-corrected chi connectivity index (χ1v) is 12.7. The van der Waals surface area contributed by atoms with Crippen LogP contribution in [0.4, 0.5) is 11.4 Å². The van der Waals surface area contributed by atoms with Crippen molar-refractivity contribution in [3.8, 4) is 11.5 Å². The average Bonchev–Trinajstić information content (AvgIpc) is 2.88. The molecule has 2 aromatic rings. The van der Waals surface area contributed by atoms with Gasteiger partial charge in [0.2, 0.25) is 10.0 Å². The van der Waals surface area contributed by atoms with Gasteiger partial charge in [0.15, 0.2) is 11.5 Å². The highest BCUT2D eigenvalue weighted by molar-refractivity contribution is 7.89. The third-order valence-electron chi connectivity index (χ3n) is 6.00. The van der Waals surface area contributed by atoms with Crippen molar-refractivity contribution in [3.05, 3.63) is 42.0 Å². The Morgan fingerprint density at radius 3 is 2.33 bits per heavy atom. The normalized spacial score (nSPS) is 17.9. The van der Waals surface area contributed by atoms with Crippen LogP contribution in [0.1, 0.15) is 24.8 Å². The number of methoxy groups -OCH3 is 2. The Morgan fingerprint density at radius 1 is 0.909 bits per heavy atom. The number of rotatable bonds is 7. The number of hydrogen-bond acceptors (Lipinski definition) is 7. The number of aliphatic imine (C=N–C) groups is 1. The van der Waals surface area contributed by atoms with Crippen molar-refractivity contribution in [1.29, 1.82) is 0 Å². The first-order chi connectivity index (χ1) is 16.0. The van der Waals surface area contributed by atoms with Gasteiger partial charge in [-0.25, -0.2) is 8.42 Å². The van der Waals surface area contributed by atoms with Crippen molar-refractivity contribution in [1.82, 2.24) is 4.31 Å². The molecular formula is C24H31N3O5S. The molecule has 33 heavy (non-hydrogen) atoms. The van der Waals surface area contributed by atoms with Crippen molar-refractivity contribution in [2.24, 2.45) is 4.99 Å². The molecule has 178 valence electrons. The molecule has 2 aliphatic rings. The molecule has 0 N–H and O–H groups in total. The van der Waals surface area contributed by atoms with E-state index in [1.54, 1.807) is 26.5 Å². The lowest BCUT2D eigenvalue weighted by Gasteiger charge is -2.32. The SMILES string of the molecule is COc1ccc(C=Nc2ccc(N3CCCCC3)c(S(=O)(=O)N3CCOCC3)c2)cc1OC. The molecule has 9 heteroatoms. The van der Waals surface area contributed by atoms with Crippen LogP contribution >= 0.6 is 0 Å². The van der Waals surface area contributed by atoms with Gasteiger partial charge in [0.25, 0.3) is 0 Å². The molecule has 2 saturated heterocycles. The lowest BCUT2D eigenvalue weighted by atomic mass is 10.1. The van der Waals surface area contributed by atoms with E-state index in [1.165, 1.54) is 10.7 Å². The quantitative estimate of drug-likeness (QED) is 0.573. The van der Waals surface area contributed by atoms with Crippen LogP contribution in [0.2, 0.25) is 0 Å². The number of ether oxygens (including phenoxy) is 3. The second kappa shape index (κ2) is 10.5. The van der Waals surface area contributed by atoms with E-state index >= 15 is 0 Å². The maximum atomic E-state index is 13.6. The van der Waals surface area contributed by atoms with Gasteiger partial charge in [-0.2, -0.15) is 4.31 Å². The number of nitrogens with zero attached hydrogens (tertiary/aromatic N) is 3.